The molecule has 1 unspecified atom stereocenters. The highest BCUT2D eigenvalue weighted by molar-refractivity contribution is 6.31. The summed E-state index contributed by atoms with van der Waals surface area (Å²) in [6.07, 6.45) is 8.53. The molecule has 0 radical (unpaired) electrons. The van der Waals surface area contributed by atoms with E-state index in [4.69, 9.17) is 28.9 Å². The molecule has 228 valence electrons. The van der Waals surface area contributed by atoms with Crippen LogP contribution in [0.5, 0.6) is 0 Å². The predicted molar refractivity (Wildman–Crippen MR) is 169 cm³/mol. The molecule has 3 rings (SSSR count). The average molecular weight is 610 g/mol. The van der Waals surface area contributed by atoms with E-state index in [2.05, 4.69) is 34.1 Å². The molecule has 0 aliphatic heterocycles. The van der Waals surface area contributed by atoms with E-state index in [-0.39, 0.29) is 11.3 Å². The number of hydrazine groups is 1. The zero-order chi connectivity index (χ0) is 31.5. The summed E-state index contributed by atoms with van der Waals surface area (Å²) in [5.74, 6) is 6.61. The van der Waals surface area contributed by atoms with Gasteiger partial charge in [0.25, 0.3) is 5.56 Å². The van der Waals surface area contributed by atoms with Crippen molar-refractivity contribution in [3.05, 3.63) is 99.4 Å². The maximum Gasteiger partial charge on any atom is 0.254 e. The Balaban J connectivity index is 2.10. The minimum Gasteiger partial charge on any atom is -0.403 e. The molecule has 0 saturated carbocycles. The minimum atomic E-state index is -0.874. The molecule has 1 atom stereocenters. The SMILES string of the molecule is CN=C(C(=CN)NC=O)c1ccnc(C(CCCC(C)C)n2cnc(-c3cc(Cl)ccc3N(N)/C=C(\N)CF)cc2=O)c1. The van der Waals surface area contributed by atoms with Gasteiger partial charge < -0.3 is 16.8 Å². The Kier molecular flexibility index (Phi) is 12.0. The quantitative estimate of drug-likeness (QED) is 0.0925. The smallest absolute Gasteiger partial charge is 0.254 e. The second kappa shape index (κ2) is 15.6. The first-order valence-electron chi connectivity index (χ1n) is 13.6. The molecule has 2 aromatic heterocycles. The van der Waals surface area contributed by atoms with Gasteiger partial charge in [-0.15, -0.1) is 0 Å². The van der Waals surface area contributed by atoms with Gasteiger partial charge in [-0.25, -0.2) is 15.2 Å². The van der Waals surface area contributed by atoms with Crippen molar-refractivity contribution < 1.29 is 9.18 Å². The fourth-order valence-corrected chi connectivity index (χ4v) is 4.78. The van der Waals surface area contributed by atoms with Crippen LogP contribution in [0.25, 0.3) is 11.3 Å². The van der Waals surface area contributed by atoms with Crippen molar-refractivity contribution >= 4 is 29.4 Å². The third-order valence-corrected chi connectivity index (χ3v) is 6.89. The first-order valence-corrected chi connectivity index (χ1v) is 14.0. The zero-order valence-electron chi connectivity index (χ0n) is 24.4. The fraction of sp³-hybridized carbons (Fsp3) is 0.300. The van der Waals surface area contributed by atoms with Gasteiger partial charge in [-0.1, -0.05) is 38.3 Å². The van der Waals surface area contributed by atoms with Crippen molar-refractivity contribution in [2.75, 3.05) is 18.7 Å². The number of aromatic nitrogens is 3. The number of benzene rings is 1. The first-order chi connectivity index (χ1) is 20.6. The number of hydrogen-bond acceptors (Lipinski definition) is 9. The molecular formula is C30H37ClFN9O2. The molecule has 0 aliphatic rings. The van der Waals surface area contributed by atoms with Crippen LogP contribution in [0.4, 0.5) is 10.1 Å². The lowest BCUT2D eigenvalue weighted by Gasteiger charge is -2.22. The molecule has 1 amide bonds. The number of rotatable bonds is 14. The maximum atomic E-state index is 13.7. The van der Waals surface area contributed by atoms with Crippen molar-refractivity contribution in [3.8, 4) is 11.3 Å². The molecule has 43 heavy (non-hydrogen) atoms. The number of nitrogens with one attached hydrogen (secondary N) is 1. The number of nitrogens with zero attached hydrogens (tertiary/aromatic N) is 5. The number of amides is 1. The minimum absolute atomic E-state index is 0.0713. The third-order valence-electron chi connectivity index (χ3n) is 6.66. The summed E-state index contributed by atoms with van der Waals surface area (Å²) in [5, 5.41) is 4.12. The van der Waals surface area contributed by atoms with Gasteiger partial charge in [0.2, 0.25) is 6.41 Å². The lowest BCUT2D eigenvalue weighted by Crippen LogP contribution is -2.28. The van der Waals surface area contributed by atoms with E-state index in [9.17, 15) is 14.0 Å². The van der Waals surface area contributed by atoms with Crippen molar-refractivity contribution in [2.24, 2.45) is 28.2 Å². The summed E-state index contributed by atoms with van der Waals surface area (Å²) < 4.78 is 14.5. The van der Waals surface area contributed by atoms with Gasteiger partial charge in [-0.2, -0.15) is 0 Å². The van der Waals surface area contributed by atoms with Gasteiger partial charge >= 0.3 is 0 Å². The Morgan fingerprint density at radius 1 is 1.21 bits per heavy atom. The molecule has 0 fully saturated rings. The van der Waals surface area contributed by atoms with Crippen molar-refractivity contribution in [1.82, 2.24) is 19.9 Å². The van der Waals surface area contributed by atoms with Crippen LogP contribution < -0.4 is 33.2 Å². The van der Waals surface area contributed by atoms with Crippen molar-refractivity contribution in [3.63, 3.8) is 0 Å². The van der Waals surface area contributed by atoms with Crippen LogP contribution in [-0.2, 0) is 4.79 Å². The van der Waals surface area contributed by atoms with Gasteiger partial charge in [-0.05, 0) is 42.7 Å². The number of carbonyl (C=O) groups excluding carboxylic acids is 1. The number of alkyl halides is 1. The van der Waals surface area contributed by atoms with E-state index in [0.29, 0.717) is 63.4 Å². The molecule has 3 aromatic rings. The van der Waals surface area contributed by atoms with E-state index in [1.165, 1.54) is 29.4 Å². The van der Waals surface area contributed by atoms with Crippen LogP contribution in [0.2, 0.25) is 5.02 Å². The molecule has 0 spiro atoms. The highest BCUT2D eigenvalue weighted by Gasteiger charge is 2.21. The lowest BCUT2D eigenvalue weighted by molar-refractivity contribution is -0.108. The van der Waals surface area contributed by atoms with Gasteiger partial charge in [-0.3, -0.25) is 29.1 Å². The molecule has 0 aliphatic carbocycles. The molecule has 7 N–H and O–H groups in total. The van der Waals surface area contributed by atoms with Crippen LogP contribution in [0.15, 0.2) is 82.5 Å². The summed E-state index contributed by atoms with van der Waals surface area (Å²) >= 11 is 6.27. The topological polar surface area (TPSA) is 171 Å². The Bertz CT molecular complexity index is 1570. The summed E-state index contributed by atoms with van der Waals surface area (Å²) in [5.41, 5.74) is 14.2. The standard InChI is InChI=1S/C30H37ClFN9O2/c1-19(2)5-4-6-28(25-11-20(9-10-37-25)30(36-3)26(15-33)39-18-42)40-17-38-24(13-29(40)43)23-12-21(31)7-8-27(23)41(35)16-22(34)14-32/h7-13,15-19,28H,4-6,14,33-35H2,1-3H3,(H,39,42)/b22-16-,26-15?,36-30?. The number of aliphatic imine (C=N–C) groups is 1. The number of allylic oxidation sites excluding steroid dienone is 2. The lowest BCUT2D eigenvalue weighted by atomic mass is 9.98. The second-order valence-electron chi connectivity index (χ2n) is 10.2. The van der Waals surface area contributed by atoms with E-state index in [1.807, 2.05) is 6.07 Å². The Morgan fingerprint density at radius 3 is 2.60 bits per heavy atom. The molecular weight excluding hydrogens is 573 g/mol. The summed E-state index contributed by atoms with van der Waals surface area (Å²) in [4.78, 5) is 38.3. The number of anilines is 1. The Hall–Kier alpha value is -4.55. The fourth-order valence-electron chi connectivity index (χ4n) is 4.60. The maximum absolute atomic E-state index is 13.7. The summed E-state index contributed by atoms with van der Waals surface area (Å²) in [7, 11) is 1.59. The second-order valence-corrected chi connectivity index (χ2v) is 10.6. The molecule has 13 heteroatoms. The van der Waals surface area contributed by atoms with E-state index >= 15 is 0 Å². The number of pyridine rings is 1. The first kappa shape index (κ1) is 33.0. The highest BCUT2D eigenvalue weighted by Crippen LogP contribution is 2.32. The number of hydrogen-bond donors (Lipinski definition) is 4. The molecule has 11 nitrogen and oxygen atoms in total. The van der Waals surface area contributed by atoms with Gasteiger partial charge in [0.1, 0.15) is 6.67 Å². The van der Waals surface area contributed by atoms with E-state index < -0.39 is 12.7 Å². The van der Waals surface area contributed by atoms with E-state index in [0.717, 1.165) is 17.9 Å². The van der Waals surface area contributed by atoms with Crippen LogP contribution in [-0.4, -0.2) is 40.4 Å². The molecule has 2 heterocycles. The van der Waals surface area contributed by atoms with Crippen LogP contribution in [0, 0.1) is 5.92 Å². The van der Waals surface area contributed by atoms with Crippen LogP contribution in [0.1, 0.15) is 50.4 Å². The predicted octanol–water partition coefficient (Wildman–Crippen LogP) is 3.79. The molecule has 0 saturated heterocycles. The number of carbonyl (C=O) groups is 1. The normalized spacial score (nSPS) is 13.2. The summed E-state index contributed by atoms with van der Waals surface area (Å²) in [6, 6.07) is 9.39. The number of nitrogens with two attached hydrogens (primary N) is 3. The van der Waals surface area contributed by atoms with Crippen molar-refractivity contribution in [1.29, 1.82) is 0 Å². The van der Waals surface area contributed by atoms with Gasteiger partial charge in [0, 0.05) is 47.9 Å². The molecule has 1 aromatic carbocycles. The largest absolute Gasteiger partial charge is 0.403 e. The highest BCUT2D eigenvalue weighted by atomic mass is 35.5. The Morgan fingerprint density at radius 2 is 1.98 bits per heavy atom. The number of halogens is 2. The van der Waals surface area contributed by atoms with Crippen LogP contribution in [0.3, 0.4) is 0 Å². The van der Waals surface area contributed by atoms with Gasteiger partial charge in [0.05, 0.1) is 46.6 Å². The van der Waals surface area contributed by atoms with Crippen molar-refractivity contribution in [2.45, 2.75) is 39.2 Å². The average Bonchev–Trinajstić information content (AvgIpc) is 2.99. The zero-order valence-corrected chi connectivity index (χ0v) is 25.1. The Labute approximate surface area is 254 Å². The van der Waals surface area contributed by atoms with Gasteiger partial charge in [0.15, 0.2) is 0 Å². The van der Waals surface area contributed by atoms with E-state index in [1.54, 1.807) is 37.5 Å². The monoisotopic (exact) mass is 609 g/mol. The van der Waals surface area contributed by atoms with Crippen LogP contribution >= 0.6 is 11.6 Å². The summed E-state index contributed by atoms with van der Waals surface area (Å²) in [6.45, 7) is 3.41. The third kappa shape index (κ3) is 8.49. The molecule has 0 bridgehead atoms.